The van der Waals surface area contributed by atoms with E-state index in [9.17, 15) is 14.7 Å². The van der Waals surface area contributed by atoms with Crippen molar-refractivity contribution in [3.05, 3.63) is 86.9 Å². The van der Waals surface area contributed by atoms with Gasteiger partial charge in [0.25, 0.3) is 17.4 Å². The van der Waals surface area contributed by atoms with Crippen LogP contribution in [0.15, 0.2) is 48.7 Å². The number of hydrogen-bond donors (Lipinski definition) is 1. The van der Waals surface area contributed by atoms with Crippen LogP contribution in [0.4, 0.5) is 0 Å². The number of aryl methyl sites for hydroxylation is 3. The Hall–Kier alpha value is -3.68. The van der Waals surface area contributed by atoms with Gasteiger partial charge in [-0.05, 0) is 56.3 Å². The van der Waals surface area contributed by atoms with Gasteiger partial charge in [-0.3, -0.25) is 9.36 Å². The number of nitrogens with zero attached hydrogens (tertiary/aromatic N) is 4. The first-order valence-corrected chi connectivity index (χ1v) is 12.1. The number of imidazole rings is 1. The summed E-state index contributed by atoms with van der Waals surface area (Å²) < 4.78 is 5.75. The highest BCUT2D eigenvalue weighted by atomic mass is 35.5. The van der Waals surface area contributed by atoms with Crippen LogP contribution in [0.1, 0.15) is 44.7 Å². The minimum absolute atomic E-state index is 0.0367. The third kappa shape index (κ3) is 3.67. The van der Waals surface area contributed by atoms with E-state index in [0.29, 0.717) is 5.52 Å². The summed E-state index contributed by atoms with van der Waals surface area (Å²) in [6, 6.07) is 12.2. The average molecular weight is 522 g/mol. The van der Waals surface area contributed by atoms with Crippen molar-refractivity contribution < 1.29 is 19.3 Å². The van der Waals surface area contributed by atoms with Crippen LogP contribution >= 0.6 is 23.2 Å². The van der Waals surface area contributed by atoms with E-state index >= 15 is 0 Å². The van der Waals surface area contributed by atoms with Gasteiger partial charge in [0, 0.05) is 29.3 Å². The Balaban J connectivity index is 1.67. The van der Waals surface area contributed by atoms with Gasteiger partial charge in [0.2, 0.25) is 0 Å². The molecule has 9 heteroatoms. The molecule has 36 heavy (non-hydrogen) atoms. The minimum atomic E-state index is -1.26. The third-order valence-electron chi connectivity index (χ3n) is 6.47. The van der Waals surface area contributed by atoms with E-state index in [1.165, 1.54) is 16.7 Å². The molecule has 182 valence electrons. The molecule has 0 saturated carbocycles. The summed E-state index contributed by atoms with van der Waals surface area (Å²) in [6.07, 6.45) is 2.43. The van der Waals surface area contributed by atoms with Crippen LogP contribution < -0.4 is 4.57 Å². The zero-order chi connectivity index (χ0) is 25.9. The fraction of sp³-hybridized carbons (Fsp3) is 0.185. The van der Waals surface area contributed by atoms with Gasteiger partial charge in [0.15, 0.2) is 5.52 Å². The molecule has 0 unspecified atom stereocenters. The first kappa shape index (κ1) is 24.0. The number of aromatic nitrogens is 4. The monoisotopic (exact) mass is 521 g/mol. The molecule has 1 N–H and O–H groups in total. The van der Waals surface area contributed by atoms with Crippen LogP contribution in [0, 0.1) is 13.8 Å². The average Bonchev–Trinajstić information content (AvgIpc) is 3.37. The molecule has 7 nitrogen and oxygen atoms in total. The highest BCUT2D eigenvalue weighted by Gasteiger charge is 2.27. The molecule has 0 spiro atoms. The molecule has 2 aromatic carbocycles. The zero-order valence-electron chi connectivity index (χ0n) is 20.1. The Labute approximate surface area is 217 Å². The second kappa shape index (κ2) is 8.76. The molecule has 0 fully saturated rings. The zero-order valence-corrected chi connectivity index (χ0v) is 21.6. The predicted octanol–water partition coefficient (Wildman–Crippen LogP) is 5.68. The first-order chi connectivity index (χ1) is 17.1. The molecule has 5 rings (SSSR count). The van der Waals surface area contributed by atoms with Crippen LogP contribution in [-0.2, 0) is 13.5 Å². The van der Waals surface area contributed by atoms with Gasteiger partial charge in [0.1, 0.15) is 5.69 Å². The third-order valence-corrected chi connectivity index (χ3v) is 7.20. The van der Waals surface area contributed by atoms with Crippen LogP contribution in [0.5, 0.6) is 0 Å². The van der Waals surface area contributed by atoms with E-state index in [-0.39, 0.29) is 21.2 Å². The number of carboxylic acid groups (broad SMARTS) is 1. The Bertz CT molecular complexity index is 1730. The second-order valence-electron chi connectivity index (χ2n) is 8.77. The lowest BCUT2D eigenvalue weighted by atomic mass is 10.1. The lowest BCUT2D eigenvalue weighted by Crippen LogP contribution is -2.33. The summed E-state index contributed by atoms with van der Waals surface area (Å²) in [5.74, 6) is -0.662. The number of halogens is 2. The highest BCUT2D eigenvalue weighted by molar-refractivity contribution is 6.42. The van der Waals surface area contributed by atoms with Crippen molar-refractivity contribution in [2.45, 2.75) is 27.2 Å². The molecule has 0 aliphatic carbocycles. The smallest absolute Gasteiger partial charge is 0.336 e. The molecule has 3 heterocycles. The molecule has 0 aliphatic rings. The first-order valence-electron chi connectivity index (χ1n) is 11.4. The summed E-state index contributed by atoms with van der Waals surface area (Å²) >= 11 is 12.1. The molecule has 3 aromatic heterocycles. The number of carbonyl (C=O) groups excluding carboxylic acids is 1. The largest absolute Gasteiger partial charge is 0.478 e. The number of rotatable bonds is 4. The van der Waals surface area contributed by atoms with Crippen LogP contribution in [-0.4, -0.2) is 31.1 Å². The summed E-state index contributed by atoms with van der Waals surface area (Å²) in [5, 5.41) is 10.6. The predicted molar refractivity (Wildman–Crippen MR) is 140 cm³/mol. The summed E-state index contributed by atoms with van der Waals surface area (Å²) in [6.45, 7) is 6.18. The van der Waals surface area contributed by atoms with E-state index in [1.807, 2.05) is 38.2 Å². The lowest BCUT2D eigenvalue weighted by Gasteiger charge is -2.09. The molecule has 0 saturated heterocycles. The SMILES string of the molecule is CCc1n(-c2ccc3c(ccn3C(=O)c3cc(Cl)c(Cl)cc3C(=O)O)c2)c2nc(C)cc(C)c2[n+]1C. The van der Waals surface area contributed by atoms with Crippen LogP contribution in [0.25, 0.3) is 27.8 Å². The highest BCUT2D eigenvalue weighted by Crippen LogP contribution is 2.29. The van der Waals surface area contributed by atoms with Crippen molar-refractivity contribution in [1.82, 2.24) is 14.1 Å². The Morgan fingerprint density at radius 2 is 1.72 bits per heavy atom. The summed E-state index contributed by atoms with van der Waals surface area (Å²) in [7, 11) is 2.05. The number of benzene rings is 2. The number of aromatic carboxylic acids is 1. The van der Waals surface area contributed by atoms with E-state index in [2.05, 4.69) is 29.0 Å². The van der Waals surface area contributed by atoms with Gasteiger partial charge in [-0.2, -0.15) is 4.57 Å². The molecule has 5 aromatic rings. The molecule has 0 radical (unpaired) electrons. The Morgan fingerprint density at radius 3 is 2.39 bits per heavy atom. The van der Waals surface area contributed by atoms with Crippen LogP contribution in [0.2, 0.25) is 10.0 Å². The second-order valence-corrected chi connectivity index (χ2v) is 9.58. The summed E-state index contributed by atoms with van der Waals surface area (Å²) in [5.41, 5.74) is 5.38. The molecule has 0 bridgehead atoms. The van der Waals surface area contributed by atoms with Gasteiger partial charge in [0.05, 0.1) is 33.7 Å². The number of hydrogen-bond acceptors (Lipinski definition) is 3. The normalized spacial score (nSPS) is 11.5. The van der Waals surface area contributed by atoms with E-state index in [4.69, 9.17) is 28.2 Å². The fourth-order valence-electron chi connectivity index (χ4n) is 4.93. The van der Waals surface area contributed by atoms with Crippen molar-refractivity contribution in [2.24, 2.45) is 7.05 Å². The minimum Gasteiger partial charge on any atom is -0.478 e. The summed E-state index contributed by atoms with van der Waals surface area (Å²) in [4.78, 5) is 30.0. The van der Waals surface area contributed by atoms with Crippen molar-refractivity contribution in [3.8, 4) is 5.69 Å². The van der Waals surface area contributed by atoms with E-state index in [0.717, 1.165) is 45.7 Å². The maximum atomic E-state index is 13.4. The Morgan fingerprint density at radius 1 is 1.03 bits per heavy atom. The quantitative estimate of drug-likeness (QED) is 0.308. The van der Waals surface area contributed by atoms with Gasteiger partial charge < -0.3 is 5.11 Å². The van der Waals surface area contributed by atoms with Gasteiger partial charge >= 0.3 is 5.97 Å². The number of pyridine rings is 1. The van der Waals surface area contributed by atoms with Gasteiger partial charge in [-0.15, -0.1) is 0 Å². The number of carbonyl (C=O) groups is 2. The standard InChI is InChI=1S/C27H22Cl2N4O3/c1-5-23-31(4)24-14(2)10-15(3)30-25(24)33(23)17-6-7-22-16(11-17)8-9-32(22)26(34)18-12-20(28)21(29)13-19(18)27(35)36/h6-13H,5H2,1-4H3/p+1. The van der Waals surface area contributed by atoms with Crippen molar-refractivity contribution in [3.63, 3.8) is 0 Å². The van der Waals surface area contributed by atoms with E-state index < -0.39 is 11.9 Å². The van der Waals surface area contributed by atoms with Gasteiger partial charge in [-0.1, -0.05) is 30.1 Å². The molecular formula is C27H23Cl2N4O3+. The lowest BCUT2D eigenvalue weighted by molar-refractivity contribution is -0.653. The maximum Gasteiger partial charge on any atom is 0.336 e. The molecular weight excluding hydrogens is 499 g/mol. The Kier molecular flexibility index (Phi) is 5.85. The van der Waals surface area contributed by atoms with Crippen molar-refractivity contribution in [1.29, 1.82) is 0 Å². The fourth-order valence-corrected chi connectivity index (χ4v) is 5.25. The number of carboxylic acids is 1. The maximum absolute atomic E-state index is 13.4. The molecule has 0 aliphatic heterocycles. The van der Waals surface area contributed by atoms with Crippen molar-refractivity contribution in [2.75, 3.05) is 0 Å². The van der Waals surface area contributed by atoms with E-state index in [1.54, 1.807) is 6.20 Å². The molecule has 0 amide bonds. The molecule has 0 atom stereocenters. The van der Waals surface area contributed by atoms with Crippen molar-refractivity contribution >= 4 is 57.1 Å². The van der Waals surface area contributed by atoms with Gasteiger partial charge in [-0.25, -0.2) is 14.3 Å². The number of fused-ring (bicyclic) bond motifs is 2. The topological polar surface area (TPSA) is 81.0 Å². The van der Waals surface area contributed by atoms with Crippen LogP contribution in [0.3, 0.4) is 0 Å².